The lowest BCUT2D eigenvalue weighted by Gasteiger charge is -2.35. The fraction of sp³-hybridized carbons (Fsp3) is 0.500. The average molecular weight is 266 g/mol. The molecule has 0 bridgehead atoms. The maximum atomic E-state index is 13.2. The Balaban J connectivity index is 2.10. The number of amides is 1. The summed E-state index contributed by atoms with van der Waals surface area (Å²) in [5, 5.41) is 0. The molecular weight excluding hydrogens is 247 g/mol. The smallest absolute Gasteiger partial charge is 0.254 e. The fourth-order valence-corrected chi connectivity index (χ4v) is 2.56. The van der Waals surface area contributed by atoms with E-state index in [0.29, 0.717) is 18.7 Å². The van der Waals surface area contributed by atoms with Gasteiger partial charge in [0.05, 0.1) is 6.61 Å². The summed E-state index contributed by atoms with van der Waals surface area (Å²) in [5.74, 6) is 4.55. The minimum absolute atomic E-state index is 0.110. The molecule has 1 atom stereocenters. The van der Waals surface area contributed by atoms with Crippen LogP contribution < -0.4 is 5.90 Å². The van der Waals surface area contributed by atoms with Gasteiger partial charge in [-0.05, 0) is 43.9 Å². The van der Waals surface area contributed by atoms with Gasteiger partial charge in [-0.25, -0.2) is 10.3 Å². The predicted octanol–water partition coefficient (Wildman–Crippen LogP) is 2.10. The highest BCUT2D eigenvalue weighted by Crippen LogP contribution is 2.22. The lowest BCUT2D eigenvalue weighted by atomic mass is 9.98. The van der Waals surface area contributed by atoms with Crippen molar-refractivity contribution in [2.24, 2.45) is 5.90 Å². The Morgan fingerprint density at radius 3 is 3.05 bits per heavy atom. The summed E-state index contributed by atoms with van der Waals surface area (Å²) in [6, 6.07) is 5.97. The largest absolute Gasteiger partial charge is 0.336 e. The van der Waals surface area contributed by atoms with E-state index in [1.54, 1.807) is 12.1 Å². The van der Waals surface area contributed by atoms with E-state index in [0.717, 1.165) is 25.7 Å². The lowest BCUT2D eigenvalue weighted by Crippen LogP contribution is -2.44. The lowest BCUT2D eigenvalue weighted by molar-refractivity contribution is 0.0513. The van der Waals surface area contributed by atoms with Crippen molar-refractivity contribution in [3.8, 4) is 0 Å². The second kappa shape index (κ2) is 6.63. The molecule has 1 aliphatic rings. The normalized spacial score (nSPS) is 19.5. The van der Waals surface area contributed by atoms with Crippen LogP contribution >= 0.6 is 0 Å². The summed E-state index contributed by atoms with van der Waals surface area (Å²) in [7, 11) is 0. The number of benzene rings is 1. The summed E-state index contributed by atoms with van der Waals surface area (Å²) in [6.45, 7) is 1.14. The molecule has 0 aromatic heterocycles. The van der Waals surface area contributed by atoms with Crippen LogP contribution in [0.1, 0.15) is 36.0 Å². The quantitative estimate of drug-likeness (QED) is 0.849. The van der Waals surface area contributed by atoms with Crippen molar-refractivity contribution < 1.29 is 14.0 Å². The molecule has 1 heterocycles. The monoisotopic (exact) mass is 266 g/mol. The Morgan fingerprint density at radius 2 is 2.32 bits per heavy atom. The number of carbonyl (C=O) groups excluding carboxylic acids is 1. The number of nitrogens with two attached hydrogens (primary N) is 1. The van der Waals surface area contributed by atoms with Gasteiger partial charge in [-0.2, -0.15) is 0 Å². The van der Waals surface area contributed by atoms with Crippen LogP contribution in [0, 0.1) is 5.82 Å². The molecule has 1 aliphatic heterocycles. The molecule has 2 N–H and O–H groups in total. The van der Waals surface area contributed by atoms with Crippen molar-refractivity contribution in [1.82, 2.24) is 4.90 Å². The van der Waals surface area contributed by atoms with Crippen molar-refractivity contribution in [1.29, 1.82) is 0 Å². The molecular formula is C14H19FN2O2. The van der Waals surface area contributed by atoms with Gasteiger partial charge in [-0.15, -0.1) is 0 Å². The van der Waals surface area contributed by atoms with Crippen LogP contribution in [-0.4, -0.2) is 30.0 Å². The Kier molecular flexibility index (Phi) is 4.87. The minimum Gasteiger partial charge on any atom is -0.336 e. The van der Waals surface area contributed by atoms with Crippen molar-refractivity contribution in [3.63, 3.8) is 0 Å². The van der Waals surface area contributed by atoms with Gasteiger partial charge in [0.2, 0.25) is 0 Å². The molecule has 0 saturated carbocycles. The maximum absolute atomic E-state index is 13.2. The van der Waals surface area contributed by atoms with Gasteiger partial charge in [0.25, 0.3) is 5.91 Å². The molecule has 1 unspecified atom stereocenters. The molecule has 1 aromatic carbocycles. The van der Waals surface area contributed by atoms with Gasteiger partial charge >= 0.3 is 0 Å². The van der Waals surface area contributed by atoms with E-state index >= 15 is 0 Å². The van der Waals surface area contributed by atoms with E-state index in [4.69, 9.17) is 5.90 Å². The third-order valence-electron chi connectivity index (χ3n) is 3.53. The number of hydrogen-bond donors (Lipinski definition) is 1. The predicted molar refractivity (Wildman–Crippen MR) is 69.8 cm³/mol. The van der Waals surface area contributed by atoms with E-state index in [-0.39, 0.29) is 17.8 Å². The first-order valence-electron chi connectivity index (χ1n) is 6.60. The van der Waals surface area contributed by atoms with Gasteiger partial charge in [-0.3, -0.25) is 4.79 Å². The number of likely N-dealkylation sites (tertiary alicyclic amines) is 1. The maximum Gasteiger partial charge on any atom is 0.254 e. The molecule has 1 aromatic rings. The SMILES string of the molecule is NOCCC1CCCCN1C(=O)c1cccc(F)c1. The average Bonchev–Trinajstić information content (AvgIpc) is 2.44. The molecule has 2 rings (SSSR count). The number of carbonyl (C=O) groups is 1. The van der Waals surface area contributed by atoms with Gasteiger partial charge in [0, 0.05) is 18.2 Å². The molecule has 1 saturated heterocycles. The molecule has 104 valence electrons. The Labute approximate surface area is 112 Å². The summed E-state index contributed by atoms with van der Waals surface area (Å²) < 4.78 is 13.2. The number of piperidine rings is 1. The molecule has 5 heteroatoms. The second-order valence-electron chi connectivity index (χ2n) is 4.82. The molecule has 1 fully saturated rings. The van der Waals surface area contributed by atoms with Crippen LogP contribution in [-0.2, 0) is 4.84 Å². The first-order valence-corrected chi connectivity index (χ1v) is 6.60. The number of nitrogens with zero attached hydrogens (tertiary/aromatic N) is 1. The van der Waals surface area contributed by atoms with E-state index in [9.17, 15) is 9.18 Å². The summed E-state index contributed by atoms with van der Waals surface area (Å²) in [6.07, 6.45) is 3.76. The first kappa shape index (κ1) is 14.0. The van der Waals surface area contributed by atoms with Crippen LogP contribution in [0.2, 0.25) is 0 Å². The Hall–Kier alpha value is -1.46. The molecule has 0 aliphatic carbocycles. The Morgan fingerprint density at radius 1 is 1.47 bits per heavy atom. The van der Waals surface area contributed by atoms with Crippen molar-refractivity contribution in [3.05, 3.63) is 35.6 Å². The highest BCUT2D eigenvalue weighted by molar-refractivity contribution is 5.94. The van der Waals surface area contributed by atoms with Gasteiger partial charge in [0.15, 0.2) is 0 Å². The highest BCUT2D eigenvalue weighted by Gasteiger charge is 2.27. The van der Waals surface area contributed by atoms with Crippen molar-refractivity contribution in [2.45, 2.75) is 31.7 Å². The van der Waals surface area contributed by atoms with Gasteiger partial charge < -0.3 is 9.74 Å². The molecule has 4 nitrogen and oxygen atoms in total. The van der Waals surface area contributed by atoms with E-state index in [1.165, 1.54) is 12.1 Å². The van der Waals surface area contributed by atoms with Crippen LogP contribution in [0.3, 0.4) is 0 Å². The zero-order valence-electron chi connectivity index (χ0n) is 10.8. The van der Waals surface area contributed by atoms with E-state index in [2.05, 4.69) is 4.84 Å². The van der Waals surface area contributed by atoms with E-state index in [1.807, 2.05) is 4.90 Å². The van der Waals surface area contributed by atoms with Crippen LogP contribution in [0.4, 0.5) is 4.39 Å². The van der Waals surface area contributed by atoms with Crippen LogP contribution in [0.5, 0.6) is 0 Å². The number of halogens is 1. The number of rotatable bonds is 4. The van der Waals surface area contributed by atoms with Gasteiger partial charge in [0.1, 0.15) is 5.82 Å². The second-order valence-corrected chi connectivity index (χ2v) is 4.82. The van der Waals surface area contributed by atoms with Gasteiger partial charge in [-0.1, -0.05) is 6.07 Å². The standard InChI is InChI=1S/C14H19FN2O2/c15-12-5-3-4-11(10-12)14(18)17-8-2-1-6-13(17)7-9-19-16/h3-5,10,13H,1-2,6-9,16H2. The number of hydrogen-bond acceptors (Lipinski definition) is 3. The first-order chi connectivity index (χ1) is 9.22. The molecule has 19 heavy (non-hydrogen) atoms. The zero-order chi connectivity index (χ0) is 13.7. The van der Waals surface area contributed by atoms with Crippen molar-refractivity contribution in [2.75, 3.05) is 13.2 Å². The molecule has 0 spiro atoms. The minimum atomic E-state index is -0.385. The van der Waals surface area contributed by atoms with Crippen LogP contribution in [0.25, 0.3) is 0 Å². The zero-order valence-corrected chi connectivity index (χ0v) is 10.8. The fourth-order valence-electron chi connectivity index (χ4n) is 2.56. The van der Waals surface area contributed by atoms with Crippen LogP contribution in [0.15, 0.2) is 24.3 Å². The highest BCUT2D eigenvalue weighted by atomic mass is 19.1. The van der Waals surface area contributed by atoms with E-state index < -0.39 is 0 Å². The summed E-state index contributed by atoms with van der Waals surface area (Å²) in [4.78, 5) is 18.8. The summed E-state index contributed by atoms with van der Waals surface area (Å²) >= 11 is 0. The summed E-state index contributed by atoms with van der Waals surface area (Å²) in [5.41, 5.74) is 0.403. The molecule has 1 amide bonds. The third kappa shape index (κ3) is 3.52. The molecule has 0 radical (unpaired) electrons. The third-order valence-corrected chi connectivity index (χ3v) is 3.53. The van der Waals surface area contributed by atoms with Crippen molar-refractivity contribution >= 4 is 5.91 Å². The topological polar surface area (TPSA) is 55.6 Å². The Bertz CT molecular complexity index is 439.